The highest BCUT2D eigenvalue weighted by molar-refractivity contribution is 5.99. The van der Waals surface area contributed by atoms with E-state index >= 15 is 0 Å². The molecule has 2 rings (SSSR count). The van der Waals surface area contributed by atoms with E-state index in [1.807, 2.05) is 6.07 Å². The summed E-state index contributed by atoms with van der Waals surface area (Å²) in [4.78, 5) is 24.8. The first-order valence-corrected chi connectivity index (χ1v) is 5.73. The van der Waals surface area contributed by atoms with Crippen LogP contribution in [0.3, 0.4) is 0 Å². The lowest BCUT2D eigenvalue weighted by Gasteiger charge is -2.17. The van der Waals surface area contributed by atoms with Crippen LogP contribution in [0.4, 0.5) is 5.69 Å². The van der Waals surface area contributed by atoms with Gasteiger partial charge in [-0.15, -0.1) is 0 Å². The standard InChI is InChI=1S/C13H16N2O2/c1-9(16)11-3-2-4-12(6-11)15-8-10(7-14)5-13(15)17/h2-4,6,10H,5,7-8,14H2,1H3. The molecular weight excluding hydrogens is 216 g/mol. The Morgan fingerprint density at radius 2 is 2.29 bits per heavy atom. The van der Waals surface area contributed by atoms with E-state index in [1.165, 1.54) is 6.92 Å². The molecule has 1 saturated heterocycles. The number of nitrogens with zero attached hydrogens (tertiary/aromatic N) is 1. The van der Waals surface area contributed by atoms with Crippen LogP contribution in [0.15, 0.2) is 24.3 Å². The van der Waals surface area contributed by atoms with Gasteiger partial charge in [0, 0.05) is 24.2 Å². The summed E-state index contributed by atoms with van der Waals surface area (Å²) >= 11 is 0. The average Bonchev–Trinajstić information content (AvgIpc) is 2.71. The van der Waals surface area contributed by atoms with Crippen molar-refractivity contribution in [2.45, 2.75) is 13.3 Å². The number of anilines is 1. The molecule has 1 aromatic carbocycles. The van der Waals surface area contributed by atoms with E-state index in [4.69, 9.17) is 5.73 Å². The molecule has 1 aliphatic heterocycles. The minimum atomic E-state index is 0.00821. The molecular formula is C13H16N2O2. The number of hydrogen-bond acceptors (Lipinski definition) is 3. The molecule has 1 heterocycles. The molecule has 0 spiro atoms. The van der Waals surface area contributed by atoms with Crippen LogP contribution in [0.5, 0.6) is 0 Å². The Morgan fingerprint density at radius 1 is 1.53 bits per heavy atom. The molecule has 2 N–H and O–H groups in total. The van der Waals surface area contributed by atoms with Crippen LogP contribution in [0.2, 0.25) is 0 Å². The Kier molecular flexibility index (Phi) is 3.24. The first-order chi connectivity index (χ1) is 8.11. The van der Waals surface area contributed by atoms with Gasteiger partial charge in [0.25, 0.3) is 0 Å². The average molecular weight is 232 g/mol. The molecule has 90 valence electrons. The zero-order valence-electron chi connectivity index (χ0n) is 9.85. The largest absolute Gasteiger partial charge is 0.330 e. The number of carbonyl (C=O) groups is 2. The van der Waals surface area contributed by atoms with Crippen molar-refractivity contribution < 1.29 is 9.59 Å². The summed E-state index contributed by atoms with van der Waals surface area (Å²) in [5.41, 5.74) is 7.00. The van der Waals surface area contributed by atoms with Gasteiger partial charge in [-0.1, -0.05) is 12.1 Å². The molecule has 0 bridgehead atoms. The van der Waals surface area contributed by atoms with Crippen LogP contribution in [0.1, 0.15) is 23.7 Å². The van der Waals surface area contributed by atoms with Gasteiger partial charge >= 0.3 is 0 Å². The van der Waals surface area contributed by atoms with E-state index in [-0.39, 0.29) is 17.6 Å². The van der Waals surface area contributed by atoms with Gasteiger partial charge in [-0.2, -0.15) is 0 Å². The van der Waals surface area contributed by atoms with E-state index in [0.29, 0.717) is 25.1 Å². The summed E-state index contributed by atoms with van der Waals surface area (Å²) in [6, 6.07) is 7.17. The Balaban J connectivity index is 2.25. The summed E-state index contributed by atoms with van der Waals surface area (Å²) in [7, 11) is 0. The molecule has 17 heavy (non-hydrogen) atoms. The minimum Gasteiger partial charge on any atom is -0.330 e. The van der Waals surface area contributed by atoms with Crippen molar-refractivity contribution in [2.75, 3.05) is 18.0 Å². The Bertz CT molecular complexity index is 456. The smallest absolute Gasteiger partial charge is 0.227 e. The van der Waals surface area contributed by atoms with Crippen LogP contribution >= 0.6 is 0 Å². The molecule has 1 fully saturated rings. The van der Waals surface area contributed by atoms with E-state index in [9.17, 15) is 9.59 Å². The third-order valence-electron chi connectivity index (χ3n) is 3.10. The van der Waals surface area contributed by atoms with Crippen molar-refractivity contribution in [2.24, 2.45) is 11.7 Å². The molecule has 1 amide bonds. The van der Waals surface area contributed by atoms with Crippen LogP contribution < -0.4 is 10.6 Å². The monoisotopic (exact) mass is 232 g/mol. The Hall–Kier alpha value is -1.68. The van der Waals surface area contributed by atoms with Crippen LogP contribution in [0, 0.1) is 5.92 Å². The van der Waals surface area contributed by atoms with Gasteiger partial charge in [0.2, 0.25) is 5.91 Å². The highest BCUT2D eigenvalue weighted by atomic mass is 16.2. The fourth-order valence-corrected chi connectivity index (χ4v) is 2.08. The second kappa shape index (κ2) is 4.67. The summed E-state index contributed by atoms with van der Waals surface area (Å²) in [6.45, 7) is 2.69. The van der Waals surface area contributed by atoms with E-state index in [2.05, 4.69) is 0 Å². The van der Waals surface area contributed by atoms with Crippen molar-refractivity contribution in [3.8, 4) is 0 Å². The predicted octanol–water partition coefficient (Wildman–Crippen LogP) is 1.20. The number of hydrogen-bond donors (Lipinski definition) is 1. The summed E-state index contributed by atoms with van der Waals surface area (Å²) in [6.07, 6.45) is 0.501. The third-order valence-corrected chi connectivity index (χ3v) is 3.10. The zero-order chi connectivity index (χ0) is 12.4. The Morgan fingerprint density at radius 3 is 2.88 bits per heavy atom. The number of benzene rings is 1. The number of nitrogens with two attached hydrogens (primary N) is 1. The summed E-state index contributed by atoms with van der Waals surface area (Å²) < 4.78 is 0. The van der Waals surface area contributed by atoms with Gasteiger partial charge in [0.05, 0.1) is 0 Å². The highest BCUT2D eigenvalue weighted by Gasteiger charge is 2.29. The first kappa shape index (κ1) is 11.8. The zero-order valence-corrected chi connectivity index (χ0v) is 9.85. The molecule has 1 aliphatic rings. The molecule has 0 aliphatic carbocycles. The predicted molar refractivity (Wildman–Crippen MR) is 66.0 cm³/mol. The maximum absolute atomic E-state index is 11.8. The second-order valence-corrected chi connectivity index (χ2v) is 4.42. The Labute approximate surface area is 100 Å². The molecule has 0 saturated carbocycles. The number of ketones is 1. The number of Topliss-reactive ketones (excluding diaryl/α,β-unsaturated/α-hetero) is 1. The van der Waals surface area contributed by atoms with Crippen molar-refractivity contribution in [1.82, 2.24) is 0 Å². The van der Waals surface area contributed by atoms with Gasteiger partial charge in [0.15, 0.2) is 5.78 Å². The van der Waals surface area contributed by atoms with Crippen molar-refractivity contribution >= 4 is 17.4 Å². The summed E-state index contributed by atoms with van der Waals surface area (Å²) in [5.74, 6) is 0.318. The van der Waals surface area contributed by atoms with Crippen molar-refractivity contribution in [1.29, 1.82) is 0 Å². The maximum Gasteiger partial charge on any atom is 0.227 e. The lowest BCUT2D eigenvalue weighted by molar-refractivity contribution is -0.117. The lowest BCUT2D eigenvalue weighted by atomic mass is 10.1. The van der Waals surface area contributed by atoms with Crippen LogP contribution in [-0.2, 0) is 4.79 Å². The summed E-state index contributed by atoms with van der Waals surface area (Å²) in [5, 5.41) is 0. The van der Waals surface area contributed by atoms with Gasteiger partial charge in [-0.05, 0) is 31.5 Å². The van der Waals surface area contributed by atoms with Crippen LogP contribution in [-0.4, -0.2) is 24.8 Å². The van der Waals surface area contributed by atoms with Crippen molar-refractivity contribution in [3.63, 3.8) is 0 Å². The van der Waals surface area contributed by atoms with Gasteiger partial charge in [-0.25, -0.2) is 0 Å². The molecule has 1 aromatic rings. The quantitative estimate of drug-likeness (QED) is 0.796. The SMILES string of the molecule is CC(=O)c1cccc(N2CC(CN)CC2=O)c1. The van der Waals surface area contributed by atoms with Gasteiger partial charge in [0.1, 0.15) is 0 Å². The maximum atomic E-state index is 11.8. The second-order valence-electron chi connectivity index (χ2n) is 4.42. The van der Waals surface area contributed by atoms with E-state index < -0.39 is 0 Å². The number of rotatable bonds is 3. The van der Waals surface area contributed by atoms with E-state index in [0.717, 1.165) is 5.69 Å². The number of carbonyl (C=O) groups excluding carboxylic acids is 2. The van der Waals surface area contributed by atoms with Gasteiger partial charge in [-0.3, -0.25) is 9.59 Å². The molecule has 4 heteroatoms. The molecule has 4 nitrogen and oxygen atoms in total. The third kappa shape index (κ3) is 2.36. The highest BCUT2D eigenvalue weighted by Crippen LogP contribution is 2.25. The van der Waals surface area contributed by atoms with Crippen molar-refractivity contribution in [3.05, 3.63) is 29.8 Å². The molecule has 1 atom stereocenters. The van der Waals surface area contributed by atoms with E-state index in [1.54, 1.807) is 23.1 Å². The first-order valence-electron chi connectivity index (χ1n) is 5.73. The fraction of sp³-hybridized carbons (Fsp3) is 0.385. The number of amides is 1. The normalized spacial score (nSPS) is 19.8. The van der Waals surface area contributed by atoms with Gasteiger partial charge < -0.3 is 10.6 Å². The molecule has 0 aromatic heterocycles. The lowest BCUT2D eigenvalue weighted by Crippen LogP contribution is -2.25. The van der Waals surface area contributed by atoms with Crippen LogP contribution in [0.25, 0.3) is 0 Å². The minimum absolute atomic E-state index is 0.00821. The molecule has 1 unspecified atom stereocenters. The fourth-order valence-electron chi connectivity index (χ4n) is 2.08. The topological polar surface area (TPSA) is 63.4 Å². The molecule has 0 radical (unpaired) electrons.